The number of hydrogen-bond acceptors (Lipinski definition) is 4. The zero-order chi connectivity index (χ0) is 13.9. The van der Waals surface area contributed by atoms with Gasteiger partial charge in [-0.3, -0.25) is 0 Å². The largest absolute Gasteiger partial charge is 0.370 e. The van der Waals surface area contributed by atoms with Gasteiger partial charge in [-0.2, -0.15) is 0 Å². The van der Waals surface area contributed by atoms with Gasteiger partial charge in [-0.25, -0.2) is 9.97 Å². The van der Waals surface area contributed by atoms with Gasteiger partial charge in [0.05, 0.1) is 0 Å². The lowest BCUT2D eigenvalue weighted by atomic mass is 10.0. The molecule has 0 radical (unpaired) electrons. The standard InChI is InChI=1S/C16H24N4/c1-4-17-15-8(2)16(19-9(3)18-15)20-14-12-10-5-6-11(7-10)13(12)14/h10-14H,4-7H2,1-3H3,(H2,17,18,19,20). The van der Waals surface area contributed by atoms with Gasteiger partial charge in [0.15, 0.2) is 0 Å². The maximum atomic E-state index is 4.63. The summed E-state index contributed by atoms with van der Waals surface area (Å²) >= 11 is 0. The number of aryl methyl sites for hydroxylation is 1. The van der Waals surface area contributed by atoms with Crippen LogP contribution in [0.15, 0.2) is 0 Å². The van der Waals surface area contributed by atoms with Gasteiger partial charge in [0.2, 0.25) is 0 Å². The van der Waals surface area contributed by atoms with Crippen LogP contribution in [0.25, 0.3) is 0 Å². The van der Waals surface area contributed by atoms with Crippen LogP contribution in [0.3, 0.4) is 0 Å². The Balaban J connectivity index is 1.55. The molecule has 3 aliphatic carbocycles. The van der Waals surface area contributed by atoms with Crippen LogP contribution in [-0.2, 0) is 0 Å². The van der Waals surface area contributed by atoms with Crippen molar-refractivity contribution in [3.8, 4) is 0 Å². The molecule has 4 rings (SSSR count). The van der Waals surface area contributed by atoms with Gasteiger partial charge in [-0.15, -0.1) is 0 Å². The van der Waals surface area contributed by atoms with Crippen LogP contribution in [0.2, 0.25) is 0 Å². The van der Waals surface area contributed by atoms with Gasteiger partial charge >= 0.3 is 0 Å². The smallest absolute Gasteiger partial charge is 0.134 e. The predicted octanol–water partition coefficient (Wildman–Crippen LogP) is 2.98. The first-order valence-corrected chi connectivity index (χ1v) is 8.04. The normalized spacial score (nSPS) is 36.9. The van der Waals surface area contributed by atoms with E-state index in [0.29, 0.717) is 6.04 Å². The third-order valence-corrected chi connectivity index (χ3v) is 5.64. The van der Waals surface area contributed by atoms with Crippen LogP contribution >= 0.6 is 0 Å². The van der Waals surface area contributed by atoms with Gasteiger partial charge in [-0.05, 0) is 63.7 Å². The van der Waals surface area contributed by atoms with E-state index in [1.165, 1.54) is 19.3 Å². The third-order valence-electron chi connectivity index (χ3n) is 5.64. The number of rotatable bonds is 4. The molecule has 2 N–H and O–H groups in total. The van der Waals surface area contributed by atoms with Crippen molar-refractivity contribution in [2.45, 2.75) is 46.1 Å². The van der Waals surface area contributed by atoms with Crippen LogP contribution < -0.4 is 10.6 Å². The summed E-state index contributed by atoms with van der Waals surface area (Å²) in [7, 11) is 0. The second-order valence-corrected chi connectivity index (χ2v) is 6.78. The van der Waals surface area contributed by atoms with Gasteiger partial charge in [0, 0.05) is 18.2 Å². The number of nitrogens with zero attached hydrogens (tertiary/aromatic N) is 2. The summed E-state index contributed by atoms with van der Waals surface area (Å²) in [5, 5.41) is 7.08. The summed E-state index contributed by atoms with van der Waals surface area (Å²) in [6.07, 6.45) is 4.43. The Bertz CT molecular complexity index is 526. The molecular weight excluding hydrogens is 248 g/mol. The Hall–Kier alpha value is -1.32. The molecule has 3 saturated carbocycles. The number of anilines is 2. The molecule has 4 atom stereocenters. The summed E-state index contributed by atoms with van der Waals surface area (Å²) in [5.74, 6) is 6.75. The van der Waals surface area contributed by atoms with Crippen LogP contribution in [0.4, 0.5) is 11.6 Å². The number of nitrogens with one attached hydrogen (secondary N) is 2. The van der Waals surface area contributed by atoms with E-state index in [1.807, 2.05) is 6.92 Å². The fourth-order valence-corrected chi connectivity index (χ4v) is 4.78. The third kappa shape index (κ3) is 1.73. The van der Waals surface area contributed by atoms with Gasteiger partial charge in [0.25, 0.3) is 0 Å². The van der Waals surface area contributed by atoms with Crippen molar-refractivity contribution in [1.29, 1.82) is 0 Å². The summed E-state index contributed by atoms with van der Waals surface area (Å²) in [6, 6.07) is 0.684. The highest BCUT2D eigenvalue weighted by atomic mass is 15.1. The maximum Gasteiger partial charge on any atom is 0.134 e. The van der Waals surface area contributed by atoms with Crippen LogP contribution in [0.5, 0.6) is 0 Å². The van der Waals surface area contributed by atoms with E-state index in [0.717, 1.165) is 53.2 Å². The monoisotopic (exact) mass is 272 g/mol. The first-order chi connectivity index (χ1) is 9.69. The average molecular weight is 272 g/mol. The second kappa shape index (κ2) is 4.34. The van der Waals surface area contributed by atoms with Crippen molar-refractivity contribution < 1.29 is 0 Å². The highest BCUT2D eigenvalue weighted by molar-refractivity contribution is 5.58. The van der Waals surface area contributed by atoms with E-state index in [2.05, 4.69) is 34.4 Å². The topological polar surface area (TPSA) is 49.8 Å². The lowest BCUT2D eigenvalue weighted by Crippen LogP contribution is -2.16. The predicted molar refractivity (Wildman–Crippen MR) is 80.9 cm³/mol. The van der Waals surface area contributed by atoms with Crippen molar-refractivity contribution in [2.75, 3.05) is 17.2 Å². The molecule has 1 aromatic rings. The minimum atomic E-state index is 0.684. The number of aromatic nitrogens is 2. The SMILES string of the molecule is CCNc1nc(C)nc(NC2C3C4CCC(C4)C23)c1C. The second-order valence-electron chi connectivity index (χ2n) is 6.78. The average Bonchev–Trinajstić information content (AvgIpc) is 2.82. The molecule has 3 aliphatic rings. The van der Waals surface area contributed by atoms with Gasteiger partial charge in [0.1, 0.15) is 17.5 Å². The number of fused-ring (bicyclic) bond motifs is 5. The highest BCUT2D eigenvalue weighted by Crippen LogP contribution is 2.66. The van der Waals surface area contributed by atoms with E-state index in [-0.39, 0.29) is 0 Å². The lowest BCUT2D eigenvalue weighted by Gasteiger charge is -2.16. The molecule has 2 bridgehead atoms. The lowest BCUT2D eigenvalue weighted by molar-refractivity contribution is 0.456. The Labute approximate surface area is 120 Å². The highest BCUT2D eigenvalue weighted by Gasteiger charge is 2.65. The van der Waals surface area contributed by atoms with Crippen molar-refractivity contribution in [3.05, 3.63) is 11.4 Å². The van der Waals surface area contributed by atoms with Crippen LogP contribution in [0.1, 0.15) is 37.6 Å². The van der Waals surface area contributed by atoms with E-state index >= 15 is 0 Å². The molecule has 1 heterocycles. The molecular formula is C16H24N4. The first-order valence-electron chi connectivity index (χ1n) is 8.04. The molecule has 0 aromatic carbocycles. The van der Waals surface area contributed by atoms with E-state index < -0.39 is 0 Å². The fourth-order valence-electron chi connectivity index (χ4n) is 4.78. The summed E-state index contributed by atoms with van der Waals surface area (Å²) < 4.78 is 0. The van der Waals surface area contributed by atoms with Crippen molar-refractivity contribution >= 4 is 11.6 Å². The molecule has 0 saturated heterocycles. The Morgan fingerprint density at radius 1 is 1.05 bits per heavy atom. The zero-order valence-electron chi connectivity index (χ0n) is 12.6. The Morgan fingerprint density at radius 3 is 2.35 bits per heavy atom. The van der Waals surface area contributed by atoms with Crippen LogP contribution in [0, 0.1) is 37.5 Å². The number of hydrogen-bond donors (Lipinski definition) is 2. The van der Waals surface area contributed by atoms with E-state index in [4.69, 9.17) is 0 Å². The first kappa shape index (κ1) is 12.4. The van der Waals surface area contributed by atoms with Crippen molar-refractivity contribution in [1.82, 2.24) is 9.97 Å². The molecule has 3 fully saturated rings. The summed E-state index contributed by atoms with van der Waals surface area (Å²) in [5.41, 5.74) is 1.16. The van der Waals surface area contributed by atoms with Crippen LogP contribution in [-0.4, -0.2) is 22.6 Å². The molecule has 1 aromatic heterocycles. The molecule has 0 aliphatic heterocycles. The molecule has 108 valence electrons. The molecule has 4 heteroatoms. The quantitative estimate of drug-likeness (QED) is 0.884. The molecule has 20 heavy (non-hydrogen) atoms. The van der Waals surface area contributed by atoms with Crippen molar-refractivity contribution in [2.24, 2.45) is 23.7 Å². The molecule has 0 spiro atoms. The minimum Gasteiger partial charge on any atom is -0.370 e. The summed E-state index contributed by atoms with van der Waals surface area (Å²) in [6.45, 7) is 7.10. The van der Waals surface area contributed by atoms with Crippen molar-refractivity contribution in [3.63, 3.8) is 0 Å². The fraction of sp³-hybridized carbons (Fsp3) is 0.750. The molecule has 4 nitrogen and oxygen atoms in total. The summed E-state index contributed by atoms with van der Waals surface area (Å²) in [4.78, 5) is 9.13. The Morgan fingerprint density at radius 2 is 1.70 bits per heavy atom. The zero-order valence-corrected chi connectivity index (χ0v) is 12.6. The van der Waals surface area contributed by atoms with E-state index in [1.54, 1.807) is 0 Å². The van der Waals surface area contributed by atoms with Gasteiger partial charge in [-0.1, -0.05) is 0 Å². The molecule has 4 unspecified atom stereocenters. The Kier molecular flexibility index (Phi) is 2.69. The van der Waals surface area contributed by atoms with Gasteiger partial charge < -0.3 is 10.6 Å². The minimum absolute atomic E-state index is 0.684. The van der Waals surface area contributed by atoms with E-state index in [9.17, 15) is 0 Å². The molecule has 0 amide bonds. The maximum absolute atomic E-state index is 4.63.